The van der Waals surface area contributed by atoms with Gasteiger partial charge in [-0.2, -0.15) is 9.61 Å². The first-order chi connectivity index (χ1) is 13.3. The van der Waals surface area contributed by atoms with Crippen LogP contribution in [0.25, 0.3) is 16.4 Å². The summed E-state index contributed by atoms with van der Waals surface area (Å²) in [5, 5.41) is 6.50. The predicted octanol–water partition coefficient (Wildman–Crippen LogP) is 2.24. The van der Waals surface area contributed by atoms with Crippen LogP contribution in [-0.4, -0.2) is 56.6 Å². The van der Waals surface area contributed by atoms with Gasteiger partial charge in [0.05, 0.1) is 12.4 Å². The highest BCUT2D eigenvalue weighted by atomic mass is 16.2. The van der Waals surface area contributed by atoms with Gasteiger partial charge in [-0.25, -0.2) is 4.98 Å². The van der Waals surface area contributed by atoms with Crippen molar-refractivity contribution in [2.24, 2.45) is 0 Å². The molecule has 1 amide bonds. The maximum atomic E-state index is 12.9. The first-order valence-corrected chi connectivity index (χ1v) is 8.96. The lowest BCUT2D eigenvalue weighted by Crippen LogP contribution is -2.49. The fraction of sp³-hybridized carbons (Fsp3) is 0.200. The normalized spacial score (nSPS) is 14.8. The summed E-state index contributed by atoms with van der Waals surface area (Å²) in [7, 11) is 0. The predicted molar refractivity (Wildman–Crippen MR) is 103 cm³/mol. The second-order valence-corrected chi connectivity index (χ2v) is 6.64. The number of carbonyl (C=O) groups excluding carboxylic acids is 1. The lowest BCUT2D eigenvalue weighted by atomic mass is 10.1. The molecule has 2 aromatic heterocycles. The lowest BCUT2D eigenvalue weighted by molar-refractivity contribution is 0.0746. The molecule has 1 aliphatic rings. The van der Waals surface area contributed by atoms with E-state index < -0.39 is 0 Å². The van der Waals surface area contributed by atoms with Crippen molar-refractivity contribution in [3.63, 3.8) is 0 Å². The molecular weight excluding hydrogens is 340 g/mol. The summed E-state index contributed by atoms with van der Waals surface area (Å²) < 4.78 is 1.79. The molecule has 134 valence electrons. The van der Waals surface area contributed by atoms with E-state index in [-0.39, 0.29) is 5.91 Å². The van der Waals surface area contributed by atoms with Crippen molar-refractivity contribution in [2.75, 3.05) is 31.1 Å². The van der Waals surface area contributed by atoms with E-state index in [4.69, 9.17) is 0 Å². The highest BCUT2D eigenvalue weighted by molar-refractivity contribution is 5.98. The Kier molecular flexibility index (Phi) is 3.71. The zero-order chi connectivity index (χ0) is 18.2. The van der Waals surface area contributed by atoms with Crippen LogP contribution in [0.15, 0.2) is 61.2 Å². The van der Waals surface area contributed by atoms with Gasteiger partial charge in [-0.1, -0.05) is 30.3 Å². The Hall–Kier alpha value is -3.48. The molecule has 3 heterocycles. The molecule has 1 saturated heterocycles. The number of hydrogen-bond donors (Lipinski definition) is 0. The fourth-order valence-electron chi connectivity index (χ4n) is 3.60. The summed E-state index contributed by atoms with van der Waals surface area (Å²) in [6.07, 6.45) is 5.01. The van der Waals surface area contributed by atoms with Crippen LogP contribution in [0.2, 0.25) is 0 Å². The first-order valence-electron chi connectivity index (χ1n) is 8.96. The minimum Gasteiger partial charge on any atom is -0.352 e. The molecule has 1 aliphatic heterocycles. The lowest BCUT2D eigenvalue weighted by Gasteiger charge is -2.35. The third kappa shape index (κ3) is 2.77. The standard InChI is InChI=1S/C20H18N6O/c27-20(17-6-5-15-3-1-2-4-16(15)11-17)25-9-7-24(8-10-25)19-13-21-12-18-22-14-23-26(18)19/h1-6,11-14H,7-10H2. The Morgan fingerprint density at radius 1 is 0.926 bits per heavy atom. The van der Waals surface area contributed by atoms with Gasteiger partial charge < -0.3 is 9.80 Å². The van der Waals surface area contributed by atoms with Crippen LogP contribution >= 0.6 is 0 Å². The van der Waals surface area contributed by atoms with E-state index in [0.29, 0.717) is 13.1 Å². The van der Waals surface area contributed by atoms with Crippen molar-refractivity contribution in [3.8, 4) is 0 Å². The minimum atomic E-state index is 0.0810. The van der Waals surface area contributed by atoms with Gasteiger partial charge in [0.15, 0.2) is 11.5 Å². The molecule has 27 heavy (non-hydrogen) atoms. The summed E-state index contributed by atoms with van der Waals surface area (Å²) in [6, 6.07) is 14.0. The van der Waals surface area contributed by atoms with Crippen LogP contribution in [0.3, 0.4) is 0 Å². The van der Waals surface area contributed by atoms with Gasteiger partial charge in [0.1, 0.15) is 6.33 Å². The topological polar surface area (TPSA) is 66.6 Å². The summed E-state index contributed by atoms with van der Waals surface area (Å²) >= 11 is 0. The zero-order valence-corrected chi connectivity index (χ0v) is 14.7. The van der Waals surface area contributed by atoms with Gasteiger partial charge in [-0.15, -0.1) is 0 Å². The van der Waals surface area contributed by atoms with Gasteiger partial charge in [0, 0.05) is 31.7 Å². The molecule has 1 fully saturated rings. The molecule has 0 N–H and O–H groups in total. The van der Waals surface area contributed by atoms with Gasteiger partial charge in [0.25, 0.3) is 5.91 Å². The average molecular weight is 358 g/mol. The molecule has 0 unspecified atom stereocenters. The molecule has 0 atom stereocenters. The number of fused-ring (bicyclic) bond motifs is 2. The number of anilines is 1. The van der Waals surface area contributed by atoms with Crippen molar-refractivity contribution in [3.05, 3.63) is 66.7 Å². The summed E-state index contributed by atoms with van der Waals surface area (Å²) in [5.41, 5.74) is 1.46. The van der Waals surface area contributed by atoms with Crippen LogP contribution in [0.5, 0.6) is 0 Å². The van der Waals surface area contributed by atoms with Crippen molar-refractivity contribution in [1.82, 2.24) is 24.5 Å². The monoisotopic (exact) mass is 358 g/mol. The van der Waals surface area contributed by atoms with Gasteiger partial charge in [0.2, 0.25) is 0 Å². The quantitative estimate of drug-likeness (QED) is 0.550. The molecular formula is C20H18N6O. The van der Waals surface area contributed by atoms with Crippen LogP contribution in [0, 0.1) is 0 Å². The number of piperazine rings is 1. The molecule has 7 nitrogen and oxygen atoms in total. The van der Waals surface area contributed by atoms with Crippen molar-refractivity contribution in [1.29, 1.82) is 0 Å². The molecule has 4 aromatic rings. The molecule has 2 aromatic carbocycles. The molecule has 0 saturated carbocycles. The number of nitrogens with zero attached hydrogens (tertiary/aromatic N) is 6. The molecule has 0 spiro atoms. The van der Waals surface area contributed by atoms with Crippen LogP contribution in [0.1, 0.15) is 10.4 Å². The van der Waals surface area contributed by atoms with E-state index in [1.54, 1.807) is 16.9 Å². The Morgan fingerprint density at radius 3 is 2.59 bits per heavy atom. The van der Waals surface area contributed by atoms with Crippen molar-refractivity contribution < 1.29 is 4.79 Å². The Bertz CT molecular complexity index is 1130. The molecule has 0 radical (unpaired) electrons. The average Bonchev–Trinajstić information content (AvgIpc) is 3.22. The zero-order valence-electron chi connectivity index (χ0n) is 14.7. The van der Waals surface area contributed by atoms with Crippen LogP contribution < -0.4 is 4.90 Å². The Morgan fingerprint density at radius 2 is 1.74 bits per heavy atom. The number of aromatic nitrogens is 4. The minimum absolute atomic E-state index is 0.0810. The number of hydrogen-bond acceptors (Lipinski definition) is 5. The first kappa shape index (κ1) is 15.7. The largest absolute Gasteiger partial charge is 0.352 e. The van der Waals surface area contributed by atoms with Crippen LogP contribution in [0.4, 0.5) is 5.82 Å². The number of rotatable bonds is 2. The van der Waals surface area contributed by atoms with E-state index >= 15 is 0 Å². The highest BCUT2D eigenvalue weighted by Crippen LogP contribution is 2.19. The maximum Gasteiger partial charge on any atom is 0.253 e. The smallest absolute Gasteiger partial charge is 0.253 e. The molecule has 7 heteroatoms. The molecule has 0 aliphatic carbocycles. The number of carbonyl (C=O) groups is 1. The van der Waals surface area contributed by atoms with E-state index in [9.17, 15) is 4.79 Å². The van der Waals surface area contributed by atoms with Crippen LogP contribution in [-0.2, 0) is 0 Å². The Balaban J connectivity index is 1.33. The van der Waals surface area contributed by atoms with E-state index in [1.807, 2.05) is 41.3 Å². The SMILES string of the molecule is O=C(c1ccc2ccccc2c1)N1CCN(c2cncc3ncnn23)CC1. The molecule has 5 rings (SSSR count). The van der Waals surface area contributed by atoms with Gasteiger partial charge in [-0.3, -0.25) is 9.78 Å². The summed E-state index contributed by atoms with van der Waals surface area (Å²) in [6.45, 7) is 2.80. The number of amides is 1. The van der Waals surface area contributed by atoms with Gasteiger partial charge in [-0.05, 0) is 22.9 Å². The second-order valence-electron chi connectivity index (χ2n) is 6.64. The van der Waals surface area contributed by atoms with E-state index in [1.165, 1.54) is 6.33 Å². The second kappa shape index (κ2) is 6.35. The number of benzene rings is 2. The van der Waals surface area contributed by atoms with E-state index in [2.05, 4.69) is 26.0 Å². The van der Waals surface area contributed by atoms with E-state index in [0.717, 1.165) is 40.9 Å². The Labute approximate surface area is 155 Å². The third-order valence-electron chi connectivity index (χ3n) is 5.06. The third-order valence-corrected chi connectivity index (χ3v) is 5.06. The maximum absolute atomic E-state index is 12.9. The summed E-state index contributed by atoms with van der Waals surface area (Å²) in [4.78, 5) is 25.5. The van der Waals surface area contributed by atoms with Crippen molar-refractivity contribution in [2.45, 2.75) is 0 Å². The van der Waals surface area contributed by atoms with Gasteiger partial charge >= 0.3 is 0 Å². The highest BCUT2D eigenvalue weighted by Gasteiger charge is 2.24. The summed E-state index contributed by atoms with van der Waals surface area (Å²) in [5.74, 6) is 0.986. The van der Waals surface area contributed by atoms with Crippen molar-refractivity contribution >= 4 is 28.1 Å². The molecule has 0 bridgehead atoms. The fourth-order valence-corrected chi connectivity index (χ4v) is 3.60.